The van der Waals surface area contributed by atoms with Gasteiger partial charge in [-0.25, -0.2) is 0 Å². The molecule has 0 fully saturated rings. The Labute approximate surface area is 88.9 Å². The van der Waals surface area contributed by atoms with Crippen molar-refractivity contribution in [3.05, 3.63) is 28.2 Å². The number of aromatic nitrogens is 1. The van der Waals surface area contributed by atoms with Gasteiger partial charge in [-0.2, -0.15) is 0 Å². The predicted molar refractivity (Wildman–Crippen MR) is 60.2 cm³/mol. The van der Waals surface area contributed by atoms with Crippen molar-refractivity contribution < 1.29 is 0 Å². The van der Waals surface area contributed by atoms with Crippen LogP contribution in [0.4, 0.5) is 0 Å². The zero-order valence-electron chi connectivity index (χ0n) is 8.28. The molecule has 1 atom stereocenters. The van der Waals surface area contributed by atoms with Gasteiger partial charge in [-0.15, -0.1) is 11.3 Å². The van der Waals surface area contributed by atoms with Crippen LogP contribution in [-0.2, 0) is 0 Å². The Bertz CT molecular complexity index is 303. The fourth-order valence-electron chi connectivity index (χ4n) is 1.88. The third-order valence-corrected chi connectivity index (χ3v) is 3.59. The molecule has 1 aromatic heterocycles. The van der Waals surface area contributed by atoms with Crippen molar-refractivity contribution in [3.8, 4) is 0 Å². The number of hydrogen-bond donors (Lipinski definition) is 1. The Hall–Kier alpha value is -0.670. The first kappa shape index (κ1) is 9.87. The van der Waals surface area contributed by atoms with Crippen LogP contribution in [0, 0.1) is 0 Å². The number of nitrogens with two attached hydrogens (primary N) is 1. The second kappa shape index (κ2) is 4.71. The molecule has 2 rings (SSSR count). The summed E-state index contributed by atoms with van der Waals surface area (Å²) in [5.74, 6) is 0. The van der Waals surface area contributed by atoms with Gasteiger partial charge in [0.2, 0.25) is 0 Å². The van der Waals surface area contributed by atoms with E-state index in [4.69, 9.17) is 5.73 Å². The van der Waals surface area contributed by atoms with Crippen LogP contribution < -0.4 is 5.73 Å². The number of thiazole rings is 1. The first-order valence-electron chi connectivity index (χ1n) is 5.21. The van der Waals surface area contributed by atoms with Crippen LogP contribution in [0.15, 0.2) is 23.4 Å². The van der Waals surface area contributed by atoms with Gasteiger partial charge in [-0.05, 0) is 25.7 Å². The quantitative estimate of drug-likeness (QED) is 0.759. The highest BCUT2D eigenvalue weighted by Gasteiger charge is 2.14. The van der Waals surface area contributed by atoms with Crippen LogP contribution in [0.25, 0.3) is 0 Å². The highest BCUT2D eigenvalue weighted by atomic mass is 32.1. The van der Waals surface area contributed by atoms with Crippen molar-refractivity contribution in [2.45, 2.75) is 38.1 Å². The molecular formula is C11H16N2S. The summed E-state index contributed by atoms with van der Waals surface area (Å²) in [6, 6.07) is 0.0978. The summed E-state index contributed by atoms with van der Waals surface area (Å²) in [4.78, 5) is 5.27. The van der Waals surface area contributed by atoms with Crippen LogP contribution in [0.5, 0.6) is 0 Å². The molecule has 0 spiro atoms. The molecule has 0 radical (unpaired) electrons. The second-order valence-electron chi connectivity index (χ2n) is 3.76. The van der Waals surface area contributed by atoms with Gasteiger partial charge >= 0.3 is 0 Å². The second-order valence-corrected chi connectivity index (χ2v) is 4.68. The molecule has 2 N–H and O–H groups in total. The van der Waals surface area contributed by atoms with E-state index in [2.05, 4.69) is 11.1 Å². The fourth-order valence-corrected chi connectivity index (χ4v) is 2.55. The summed E-state index contributed by atoms with van der Waals surface area (Å²) >= 11 is 1.65. The highest BCUT2D eigenvalue weighted by Crippen LogP contribution is 2.28. The van der Waals surface area contributed by atoms with Crippen molar-refractivity contribution in [2.24, 2.45) is 5.73 Å². The van der Waals surface area contributed by atoms with E-state index in [1.54, 1.807) is 11.3 Å². The SMILES string of the molecule is NC(C1=CCCCCC1)c1cncs1. The van der Waals surface area contributed by atoms with Gasteiger partial charge in [-0.1, -0.05) is 18.1 Å². The molecule has 14 heavy (non-hydrogen) atoms. The van der Waals surface area contributed by atoms with Gasteiger partial charge in [0.25, 0.3) is 0 Å². The third kappa shape index (κ3) is 2.22. The molecule has 0 aromatic carbocycles. The van der Waals surface area contributed by atoms with Gasteiger partial charge in [0.1, 0.15) is 0 Å². The van der Waals surface area contributed by atoms with Gasteiger partial charge in [0, 0.05) is 11.1 Å². The summed E-state index contributed by atoms with van der Waals surface area (Å²) in [5.41, 5.74) is 9.45. The van der Waals surface area contributed by atoms with E-state index in [-0.39, 0.29) is 6.04 Å². The molecule has 0 saturated heterocycles. The minimum Gasteiger partial charge on any atom is -0.320 e. The Balaban J connectivity index is 2.10. The number of allylic oxidation sites excluding steroid dienone is 1. The maximum atomic E-state index is 6.19. The molecule has 1 heterocycles. The number of nitrogens with zero attached hydrogens (tertiary/aromatic N) is 1. The van der Waals surface area contributed by atoms with Gasteiger partial charge in [-0.3, -0.25) is 4.98 Å². The fraction of sp³-hybridized carbons (Fsp3) is 0.545. The molecule has 0 saturated carbocycles. The van der Waals surface area contributed by atoms with Crippen molar-refractivity contribution >= 4 is 11.3 Å². The first-order valence-corrected chi connectivity index (χ1v) is 6.09. The standard InChI is InChI=1S/C11H16N2S/c12-11(10-7-13-8-14-10)9-5-3-1-2-4-6-9/h5,7-8,11H,1-4,6,12H2. The van der Waals surface area contributed by atoms with Crippen LogP contribution in [0.1, 0.15) is 43.0 Å². The lowest BCUT2D eigenvalue weighted by Crippen LogP contribution is -2.11. The molecule has 0 amide bonds. The zero-order chi connectivity index (χ0) is 9.80. The lowest BCUT2D eigenvalue weighted by Gasteiger charge is -2.12. The minimum absolute atomic E-state index is 0.0978. The maximum Gasteiger partial charge on any atom is 0.0794 e. The van der Waals surface area contributed by atoms with E-state index in [0.29, 0.717) is 0 Å². The van der Waals surface area contributed by atoms with Crippen LogP contribution in [0.3, 0.4) is 0 Å². The van der Waals surface area contributed by atoms with E-state index in [9.17, 15) is 0 Å². The summed E-state index contributed by atoms with van der Waals surface area (Å²) < 4.78 is 0. The molecular weight excluding hydrogens is 192 g/mol. The maximum absolute atomic E-state index is 6.19. The van der Waals surface area contributed by atoms with Crippen molar-refractivity contribution in [2.75, 3.05) is 0 Å². The molecule has 0 aliphatic heterocycles. The molecule has 3 heteroatoms. The van der Waals surface area contributed by atoms with Crippen LogP contribution >= 0.6 is 11.3 Å². The van der Waals surface area contributed by atoms with Crippen LogP contribution in [0.2, 0.25) is 0 Å². The van der Waals surface area contributed by atoms with E-state index < -0.39 is 0 Å². The molecule has 1 unspecified atom stereocenters. The van der Waals surface area contributed by atoms with Gasteiger partial charge < -0.3 is 5.73 Å². The largest absolute Gasteiger partial charge is 0.320 e. The van der Waals surface area contributed by atoms with E-state index in [1.807, 2.05) is 11.7 Å². The Kier molecular flexibility index (Phi) is 3.32. The molecule has 0 bridgehead atoms. The lowest BCUT2D eigenvalue weighted by molar-refractivity contribution is 0.690. The van der Waals surface area contributed by atoms with Gasteiger partial charge in [0.15, 0.2) is 0 Å². The van der Waals surface area contributed by atoms with E-state index in [1.165, 1.54) is 42.6 Å². The Morgan fingerprint density at radius 2 is 2.29 bits per heavy atom. The summed E-state index contributed by atoms with van der Waals surface area (Å²) in [6.07, 6.45) is 10.5. The smallest absolute Gasteiger partial charge is 0.0794 e. The first-order chi connectivity index (χ1) is 6.88. The number of rotatable bonds is 2. The topological polar surface area (TPSA) is 38.9 Å². The summed E-state index contributed by atoms with van der Waals surface area (Å²) in [7, 11) is 0. The molecule has 1 aliphatic rings. The number of hydrogen-bond acceptors (Lipinski definition) is 3. The third-order valence-electron chi connectivity index (χ3n) is 2.73. The van der Waals surface area contributed by atoms with E-state index >= 15 is 0 Å². The normalized spacial score (nSPS) is 19.9. The highest BCUT2D eigenvalue weighted by molar-refractivity contribution is 7.09. The molecule has 1 aromatic rings. The lowest BCUT2D eigenvalue weighted by atomic mass is 10.0. The Morgan fingerprint density at radius 3 is 3.07 bits per heavy atom. The van der Waals surface area contributed by atoms with E-state index in [0.717, 1.165) is 0 Å². The monoisotopic (exact) mass is 208 g/mol. The predicted octanol–water partition coefficient (Wildman–Crippen LogP) is 3.03. The van der Waals surface area contributed by atoms with Gasteiger partial charge in [0.05, 0.1) is 11.6 Å². The Morgan fingerprint density at radius 1 is 1.36 bits per heavy atom. The summed E-state index contributed by atoms with van der Waals surface area (Å²) in [5, 5.41) is 0. The minimum atomic E-state index is 0.0978. The van der Waals surface area contributed by atoms with Crippen molar-refractivity contribution in [1.29, 1.82) is 0 Å². The zero-order valence-corrected chi connectivity index (χ0v) is 9.09. The van der Waals surface area contributed by atoms with Crippen LogP contribution in [-0.4, -0.2) is 4.98 Å². The average molecular weight is 208 g/mol. The molecule has 2 nitrogen and oxygen atoms in total. The van der Waals surface area contributed by atoms with Crippen molar-refractivity contribution in [1.82, 2.24) is 4.98 Å². The summed E-state index contributed by atoms with van der Waals surface area (Å²) in [6.45, 7) is 0. The molecule has 76 valence electrons. The van der Waals surface area contributed by atoms with Crippen molar-refractivity contribution in [3.63, 3.8) is 0 Å². The average Bonchev–Trinajstić information content (AvgIpc) is 2.59. The molecule has 1 aliphatic carbocycles.